The normalized spacial score (nSPS) is 14.3. The van der Waals surface area contributed by atoms with E-state index in [-0.39, 0.29) is 0 Å². The van der Waals surface area contributed by atoms with Crippen LogP contribution in [-0.2, 0) is 20.8 Å². The van der Waals surface area contributed by atoms with E-state index in [1.807, 2.05) is 0 Å². The molecule has 100 valence electrons. The lowest BCUT2D eigenvalue weighted by molar-refractivity contribution is -0.137. The highest BCUT2D eigenvalue weighted by molar-refractivity contribution is 7.92. The molecule has 0 aromatic heterocycles. The number of carbonyl (C=O) groups is 1. The molecule has 0 amide bonds. The van der Waals surface area contributed by atoms with Gasteiger partial charge in [0.05, 0.1) is 10.5 Å². The predicted octanol–water partition coefficient (Wildman–Crippen LogP) is 2.46. The standard InChI is InChI=1S/C11H11F3O3S/c1-7(15)8(2)18(16,17)10-5-3-4-9(6-10)11(12,13)14/h3-6,8H,1-2H3. The highest BCUT2D eigenvalue weighted by Crippen LogP contribution is 2.31. The third-order valence-electron chi connectivity index (χ3n) is 2.53. The molecule has 1 aromatic rings. The average molecular weight is 280 g/mol. The van der Waals surface area contributed by atoms with Crippen LogP contribution >= 0.6 is 0 Å². The molecule has 0 aliphatic carbocycles. The van der Waals surface area contributed by atoms with E-state index in [0.717, 1.165) is 32.0 Å². The van der Waals surface area contributed by atoms with Crippen LogP contribution in [0.2, 0.25) is 0 Å². The Balaban J connectivity index is 3.31. The first kappa shape index (κ1) is 14.7. The summed E-state index contributed by atoms with van der Waals surface area (Å²) < 4.78 is 61.1. The minimum Gasteiger partial charge on any atom is -0.299 e. The van der Waals surface area contributed by atoms with Crippen molar-refractivity contribution in [1.29, 1.82) is 0 Å². The van der Waals surface area contributed by atoms with Crippen molar-refractivity contribution in [3.63, 3.8) is 0 Å². The van der Waals surface area contributed by atoms with Crippen molar-refractivity contribution in [3.05, 3.63) is 29.8 Å². The number of rotatable bonds is 3. The molecule has 0 saturated carbocycles. The van der Waals surface area contributed by atoms with Gasteiger partial charge in [-0.3, -0.25) is 4.79 Å². The van der Waals surface area contributed by atoms with Crippen molar-refractivity contribution < 1.29 is 26.4 Å². The van der Waals surface area contributed by atoms with Crippen LogP contribution in [0.1, 0.15) is 19.4 Å². The van der Waals surface area contributed by atoms with Crippen LogP contribution in [0, 0.1) is 0 Å². The first-order valence-corrected chi connectivity index (χ1v) is 6.53. The zero-order valence-corrected chi connectivity index (χ0v) is 10.5. The molecule has 1 aromatic carbocycles. The number of ketones is 1. The molecule has 3 nitrogen and oxygen atoms in total. The van der Waals surface area contributed by atoms with Crippen molar-refractivity contribution in [3.8, 4) is 0 Å². The lowest BCUT2D eigenvalue weighted by Crippen LogP contribution is -2.25. The summed E-state index contributed by atoms with van der Waals surface area (Å²) in [5, 5.41) is -1.36. The van der Waals surface area contributed by atoms with Crippen molar-refractivity contribution in [2.45, 2.75) is 30.2 Å². The van der Waals surface area contributed by atoms with Crippen LogP contribution in [-0.4, -0.2) is 19.5 Å². The summed E-state index contributed by atoms with van der Waals surface area (Å²) in [5.41, 5.74) is -1.06. The maximum atomic E-state index is 12.5. The molecule has 0 saturated heterocycles. The Labute approximate surface area is 103 Å². The molecule has 1 unspecified atom stereocenters. The lowest BCUT2D eigenvalue weighted by atomic mass is 10.2. The Kier molecular flexibility index (Phi) is 3.85. The summed E-state index contributed by atoms with van der Waals surface area (Å²) in [4.78, 5) is 10.5. The van der Waals surface area contributed by atoms with Crippen LogP contribution < -0.4 is 0 Å². The van der Waals surface area contributed by atoms with E-state index in [4.69, 9.17) is 0 Å². The molecule has 1 atom stereocenters. The molecule has 1 rings (SSSR count). The van der Waals surface area contributed by atoms with Gasteiger partial charge in [-0.2, -0.15) is 13.2 Å². The largest absolute Gasteiger partial charge is 0.416 e. The van der Waals surface area contributed by atoms with E-state index in [9.17, 15) is 26.4 Å². The molecule has 0 spiro atoms. The lowest BCUT2D eigenvalue weighted by Gasteiger charge is -2.12. The highest BCUT2D eigenvalue weighted by atomic mass is 32.2. The van der Waals surface area contributed by atoms with Crippen molar-refractivity contribution in [2.24, 2.45) is 0 Å². The SMILES string of the molecule is CC(=O)C(C)S(=O)(=O)c1cccc(C(F)(F)F)c1. The summed E-state index contributed by atoms with van der Waals surface area (Å²) in [6, 6.07) is 3.36. The van der Waals surface area contributed by atoms with Crippen molar-refractivity contribution in [1.82, 2.24) is 0 Å². The Morgan fingerprint density at radius 2 is 1.83 bits per heavy atom. The van der Waals surface area contributed by atoms with E-state index in [0.29, 0.717) is 6.07 Å². The molecular formula is C11H11F3O3S. The molecule has 0 aliphatic rings. The molecule has 0 bridgehead atoms. The third-order valence-corrected chi connectivity index (χ3v) is 4.70. The predicted molar refractivity (Wildman–Crippen MR) is 58.8 cm³/mol. The van der Waals surface area contributed by atoms with E-state index < -0.39 is 37.5 Å². The van der Waals surface area contributed by atoms with Crippen LogP contribution in [0.3, 0.4) is 0 Å². The fraction of sp³-hybridized carbons (Fsp3) is 0.364. The Bertz CT molecular complexity index is 561. The molecule has 0 radical (unpaired) electrons. The zero-order chi connectivity index (χ0) is 14.1. The molecule has 0 fully saturated rings. The number of carbonyl (C=O) groups excluding carboxylic acids is 1. The number of benzene rings is 1. The van der Waals surface area contributed by atoms with Crippen LogP contribution in [0.4, 0.5) is 13.2 Å². The molecule has 18 heavy (non-hydrogen) atoms. The van der Waals surface area contributed by atoms with Crippen LogP contribution in [0.5, 0.6) is 0 Å². The fourth-order valence-electron chi connectivity index (χ4n) is 1.27. The first-order chi connectivity index (χ1) is 8.06. The molecule has 7 heteroatoms. The van der Waals surface area contributed by atoms with Gasteiger partial charge in [0.25, 0.3) is 0 Å². The molecule has 0 N–H and O–H groups in total. The second kappa shape index (κ2) is 4.72. The van der Waals surface area contributed by atoms with Gasteiger partial charge in [-0.1, -0.05) is 6.07 Å². The number of halogens is 3. The zero-order valence-electron chi connectivity index (χ0n) is 9.65. The van der Waals surface area contributed by atoms with Crippen molar-refractivity contribution in [2.75, 3.05) is 0 Å². The summed E-state index contributed by atoms with van der Waals surface area (Å²) >= 11 is 0. The summed E-state index contributed by atoms with van der Waals surface area (Å²) in [5.74, 6) is -0.618. The van der Waals surface area contributed by atoms with Gasteiger partial charge in [-0.15, -0.1) is 0 Å². The van der Waals surface area contributed by atoms with Crippen LogP contribution in [0.25, 0.3) is 0 Å². The van der Waals surface area contributed by atoms with E-state index in [1.165, 1.54) is 0 Å². The number of hydrogen-bond donors (Lipinski definition) is 0. The first-order valence-electron chi connectivity index (χ1n) is 4.98. The molecule has 0 aliphatic heterocycles. The Morgan fingerprint density at radius 1 is 1.28 bits per heavy atom. The van der Waals surface area contributed by atoms with Gasteiger partial charge in [-0.05, 0) is 32.0 Å². The highest BCUT2D eigenvalue weighted by Gasteiger charge is 2.33. The number of hydrogen-bond acceptors (Lipinski definition) is 3. The number of sulfone groups is 1. The topological polar surface area (TPSA) is 51.2 Å². The summed E-state index contributed by atoms with van der Waals surface area (Å²) in [6.45, 7) is 2.23. The maximum Gasteiger partial charge on any atom is 0.416 e. The maximum absolute atomic E-state index is 12.5. The quantitative estimate of drug-likeness (QED) is 0.854. The van der Waals surface area contributed by atoms with E-state index in [2.05, 4.69) is 0 Å². The van der Waals surface area contributed by atoms with E-state index in [1.54, 1.807) is 0 Å². The van der Waals surface area contributed by atoms with Gasteiger partial charge in [0.1, 0.15) is 11.0 Å². The number of Topliss-reactive ketones (excluding diaryl/α,β-unsaturated/α-hetero) is 1. The molecular weight excluding hydrogens is 269 g/mol. The van der Waals surface area contributed by atoms with Gasteiger partial charge in [0.15, 0.2) is 9.84 Å². The average Bonchev–Trinajstić information content (AvgIpc) is 2.27. The van der Waals surface area contributed by atoms with Gasteiger partial charge in [0, 0.05) is 0 Å². The summed E-state index contributed by atoms with van der Waals surface area (Å²) in [6.07, 6.45) is -4.62. The van der Waals surface area contributed by atoms with Gasteiger partial charge >= 0.3 is 6.18 Å². The Morgan fingerprint density at radius 3 is 2.28 bits per heavy atom. The summed E-state index contributed by atoms with van der Waals surface area (Å²) in [7, 11) is -4.07. The third kappa shape index (κ3) is 2.90. The van der Waals surface area contributed by atoms with E-state index >= 15 is 0 Å². The fourth-order valence-corrected chi connectivity index (χ4v) is 2.68. The smallest absolute Gasteiger partial charge is 0.299 e. The van der Waals surface area contributed by atoms with Crippen LogP contribution in [0.15, 0.2) is 29.2 Å². The second-order valence-electron chi connectivity index (χ2n) is 3.82. The minimum absolute atomic E-state index is 0.500. The van der Waals surface area contributed by atoms with Gasteiger partial charge in [-0.25, -0.2) is 8.42 Å². The number of alkyl halides is 3. The van der Waals surface area contributed by atoms with Gasteiger partial charge < -0.3 is 0 Å². The van der Waals surface area contributed by atoms with Crippen molar-refractivity contribution >= 4 is 15.6 Å². The Hall–Kier alpha value is -1.37. The molecule has 0 heterocycles. The minimum atomic E-state index is -4.62. The monoisotopic (exact) mass is 280 g/mol. The van der Waals surface area contributed by atoms with Gasteiger partial charge in [0.2, 0.25) is 0 Å². The second-order valence-corrected chi connectivity index (χ2v) is 6.09.